The predicted molar refractivity (Wildman–Crippen MR) is 70.1 cm³/mol. The van der Waals surface area contributed by atoms with Gasteiger partial charge in [0.25, 0.3) is 5.92 Å². The summed E-state index contributed by atoms with van der Waals surface area (Å²) in [5.41, 5.74) is 2.88. The third-order valence-electron chi connectivity index (χ3n) is 4.04. The quantitative estimate of drug-likeness (QED) is 0.861. The second-order valence-corrected chi connectivity index (χ2v) is 5.43. The van der Waals surface area contributed by atoms with Gasteiger partial charge in [0, 0.05) is 44.7 Å². The standard InChI is InChI=1S/C14H16F2N2O2/c15-14(16)3-5-17(6-4-14)12-2-1-10-8-18(13(19)20)9-11(10)7-12/h1-2,7H,3-6,8-9H2,(H,19,20). The smallest absolute Gasteiger partial charge is 0.407 e. The Labute approximate surface area is 115 Å². The average molecular weight is 282 g/mol. The van der Waals surface area contributed by atoms with Crippen LogP contribution in [-0.2, 0) is 13.1 Å². The molecule has 1 fully saturated rings. The van der Waals surface area contributed by atoms with Crippen LogP contribution in [0.1, 0.15) is 24.0 Å². The molecule has 1 amide bonds. The van der Waals surface area contributed by atoms with E-state index < -0.39 is 12.0 Å². The lowest BCUT2D eigenvalue weighted by Gasteiger charge is -2.33. The fourth-order valence-electron chi connectivity index (χ4n) is 2.80. The minimum atomic E-state index is -2.55. The molecule has 1 saturated heterocycles. The molecule has 108 valence electrons. The lowest BCUT2D eigenvalue weighted by Crippen LogP contribution is -2.39. The topological polar surface area (TPSA) is 43.8 Å². The van der Waals surface area contributed by atoms with Crippen LogP contribution in [0.5, 0.6) is 0 Å². The minimum Gasteiger partial charge on any atom is -0.465 e. The van der Waals surface area contributed by atoms with Crippen molar-refractivity contribution in [2.24, 2.45) is 0 Å². The minimum absolute atomic E-state index is 0.120. The Balaban J connectivity index is 1.75. The lowest BCUT2D eigenvalue weighted by molar-refractivity contribution is -0.0220. The zero-order valence-electron chi connectivity index (χ0n) is 11.0. The van der Waals surface area contributed by atoms with Crippen LogP contribution >= 0.6 is 0 Å². The Kier molecular flexibility index (Phi) is 3.03. The molecule has 0 unspecified atom stereocenters. The van der Waals surface area contributed by atoms with E-state index in [-0.39, 0.29) is 12.8 Å². The van der Waals surface area contributed by atoms with Gasteiger partial charge in [0.05, 0.1) is 0 Å². The number of carbonyl (C=O) groups is 1. The van der Waals surface area contributed by atoms with Crippen LogP contribution in [0, 0.1) is 0 Å². The number of fused-ring (bicyclic) bond motifs is 1. The molecular weight excluding hydrogens is 266 g/mol. The molecule has 1 aromatic carbocycles. The van der Waals surface area contributed by atoms with Gasteiger partial charge in [-0.1, -0.05) is 6.07 Å². The summed E-state index contributed by atoms with van der Waals surface area (Å²) in [6.07, 6.45) is -1.17. The van der Waals surface area contributed by atoms with E-state index in [1.165, 1.54) is 4.90 Å². The lowest BCUT2D eigenvalue weighted by atomic mass is 10.0. The van der Waals surface area contributed by atoms with Gasteiger partial charge < -0.3 is 10.0 Å². The van der Waals surface area contributed by atoms with Gasteiger partial charge >= 0.3 is 6.09 Å². The van der Waals surface area contributed by atoms with E-state index in [4.69, 9.17) is 5.11 Å². The molecule has 1 N–H and O–H groups in total. The summed E-state index contributed by atoms with van der Waals surface area (Å²) in [5.74, 6) is -2.55. The van der Waals surface area contributed by atoms with Crippen molar-refractivity contribution in [1.82, 2.24) is 4.90 Å². The number of anilines is 1. The van der Waals surface area contributed by atoms with E-state index in [0.717, 1.165) is 16.8 Å². The zero-order valence-corrected chi connectivity index (χ0v) is 11.0. The molecule has 0 bridgehead atoms. The number of nitrogens with zero attached hydrogens (tertiary/aromatic N) is 2. The molecule has 0 spiro atoms. The molecule has 0 saturated carbocycles. The Morgan fingerprint density at radius 1 is 1.15 bits per heavy atom. The highest BCUT2D eigenvalue weighted by Gasteiger charge is 2.34. The van der Waals surface area contributed by atoms with Gasteiger partial charge in [-0.05, 0) is 23.3 Å². The fourth-order valence-corrected chi connectivity index (χ4v) is 2.80. The number of hydrogen-bond acceptors (Lipinski definition) is 2. The second kappa shape index (κ2) is 4.61. The molecule has 0 radical (unpaired) electrons. The molecule has 1 aromatic rings. The van der Waals surface area contributed by atoms with Crippen LogP contribution in [0.25, 0.3) is 0 Å². The molecule has 0 aliphatic carbocycles. The number of rotatable bonds is 1. The number of benzene rings is 1. The maximum atomic E-state index is 13.2. The average Bonchev–Trinajstić information content (AvgIpc) is 2.81. The highest BCUT2D eigenvalue weighted by molar-refractivity contribution is 5.67. The van der Waals surface area contributed by atoms with Gasteiger partial charge in [0.2, 0.25) is 0 Å². The summed E-state index contributed by atoms with van der Waals surface area (Å²) in [6, 6.07) is 5.73. The van der Waals surface area contributed by atoms with Crippen molar-refractivity contribution in [3.63, 3.8) is 0 Å². The number of hydrogen-bond donors (Lipinski definition) is 1. The summed E-state index contributed by atoms with van der Waals surface area (Å²) in [4.78, 5) is 14.3. The fraction of sp³-hybridized carbons (Fsp3) is 0.500. The summed E-state index contributed by atoms with van der Waals surface area (Å²) in [7, 11) is 0. The van der Waals surface area contributed by atoms with Crippen LogP contribution in [0.15, 0.2) is 18.2 Å². The molecule has 2 heterocycles. The van der Waals surface area contributed by atoms with E-state index in [9.17, 15) is 13.6 Å². The van der Waals surface area contributed by atoms with E-state index in [1.807, 2.05) is 23.1 Å². The van der Waals surface area contributed by atoms with Crippen LogP contribution < -0.4 is 4.90 Å². The van der Waals surface area contributed by atoms with E-state index >= 15 is 0 Å². The van der Waals surface area contributed by atoms with E-state index in [1.54, 1.807) is 0 Å². The molecule has 0 aromatic heterocycles. The Morgan fingerprint density at radius 2 is 1.80 bits per heavy atom. The van der Waals surface area contributed by atoms with Crippen LogP contribution in [-0.4, -0.2) is 35.1 Å². The van der Waals surface area contributed by atoms with Gasteiger partial charge in [-0.25, -0.2) is 13.6 Å². The number of amides is 1. The molecule has 3 rings (SSSR count). The second-order valence-electron chi connectivity index (χ2n) is 5.43. The first-order chi connectivity index (χ1) is 9.44. The SMILES string of the molecule is O=C(O)N1Cc2ccc(N3CCC(F)(F)CC3)cc2C1. The normalized spacial score (nSPS) is 20.9. The summed E-state index contributed by atoms with van der Waals surface area (Å²) in [5, 5.41) is 8.99. The van der Waals surface area contributed by atoms with Crippen molar-refractivity contribution in [3.8, 4) is 0 Å². The summed E-state index contributed by atoms with van der Waals surface area (Å²) in [6.45, 7) is 1.47. The van der Waals surface area contributed by atoms with Crippen molar-refractivity contribution in [2.75, 3.05) is 18.0 Å². The Morgan fingerprint density at radius 3 is 2.45 bits per heavy atom. The van der Waals surface area contributed by atoms with Gasteiger partial charge in [-0.15, -0.1) is 0 Å². The third kappa shape index (κ3) is 2.42. The first-order valence-electron chi connectivity index (χ1n) is 6.67. The molecule has 2 aliphatic heterocycles. The first kappa shape index (κ1) is 13.1. The van der Waals surface area contributed by atoms with Crippen molar-refractivity contribution < 1.29 is 18.7 Å². The number of carboxylic acid groups (broad SMARTS) is 1. The third-order valence-corrected chi connectivity index (χ3v) is 4.04. The summed E-state index contributed by atoms with van der Waals surface area (Å²) < 4.78 is 26.3. The number of piperidine rings is 1. The molecule has 2 aliphatic rings. The van der Waals surface area contributed by atoms with Crippen LogP contribution in [0.2, 0.25) is 0 Å². The maximum Gasteiger partial charge on any atom is 0.407 e. The van der Waals surface area contributed by atoms with Gasteiger partial charge in [-0.3, -0.25) is 4.90 Å². The molecular formula is C14H16F2N2O2. The monoisotopic (exact) mass is 282 g/mol. The van der Waals surface area contributed by atoms with E-state index in [2.05, 4.69) is 0 Å². The highest BCUT2D eigenvalue weighted by Crippen LogP contribution is 2.32. The predicted octanol–water partition coefficient (Wildman–Crippen LogP) is 2.92. The van der Waals surface area contributed by atoms with Gasteiger partial charge in [-0.2, -0.15) is 0 Å². The van der Waals surface area contributed by atoms with Crippen molar-refractivity contribution in [1.29, 1.82) is 0 Å². The van der Waals surface area contributed by atoms with Crippen LogP contribution in [0.3, 0.4) is 0 Å². The summed E-state index contributed by atoms with van der Waals surface area (Å²) >= 11 is 0. The van der Waals surface area contributed by atoms with Crippen molar-refractivity contribution in [3.05, 3.63) is 29.3 Å². The largest absolute Gasteiger partial charge is 0.465 e. The molecule has 0 atom stereocenters. The highest BCUT2D eigenvalue weighted by atomic mass is 19.3. The van der Waals surface area contributed by atoms with Crippen LogP contribution in [0.4, 0.5) is 19.3 Å². The first-order valence-corrected chi connectivity index (χ1v) is 6.67. The van der Waals surface area contributed by atoms with Gasteiger partial charge in [0.15, 0.2) is 0 Å². The molecule has 6 heteroatoms. The van der Waals surface area contributed by atoms with Gasteiger partial charge in [0.1, 0.15) is 0 Å². The maximum absolute atomic E-state index is 13.2. The molecule has 20 heavy (non-hydrogen) atoms. The van der Waals surface area contributed by atoms with Crippen molar-refractivity contribution in [2.45, 2.75) is 31.9 Å². The van der Waals surface area contributed by atoms with E-state index in [0.29, 0.717) is 26.2 Å². The molecule has 4 nitrogen and oxygen atoms in total. The Hall–Kier alpha value is -1.85. The number of alkyl halides is 2. The van der Waals surface area contributed by atoms with Crippen molar-refractivity contribution >= 4 is 11.8 Å². The number of halogens is 2. The zero-order chi connectivity index (χ0) is 14.3. The Bertz CT molecular complexity index is 538.